The summed E-state index contributed by atoms with van der Waals surface area (Å²) in [5, 5.41) is 3.22. The number of hydrogen-bond donors (Lipinski definition) is 1. The van der Waals surface area contributed by atoms with E-state index in [1.165, 1.54) is 6.08 Å². The molecule has 5 rings (SSSR count). The number of hydrogen-bond acceptors (Lipinski definition) is 5. The van der Waals surface area contributed by atoms with Gasteiger partial charge in [0.1, 0.15) is 17.8 Å². The second-order valence-corrected chi connectivity index (χ2v) is 8.65. The lowest BCUT2D eigenvalue weighted by molar-refractivity contribution is -0.126. The predicted molar refractivity (Wildman–Crippen MR) is 126 cm³/mol. The van der Waals surface area contributed by atoms with Crippen LogP contribution in [0, 0.1) is 5.92 Å². The van der Waals surface area contributed by atoms with Crippen LogP contribution in [0.1, 0.15) is 19.3 Å². The number of halogens is 3. The Balaban J connectivity index is 1.64. The fourth-order valence-electron chi connectivity index (χ4n) is 4.78. The number of anilines is 2. The molecule has 0 amide bonds. The van der Waals surface area contributed by atoms with Crippen LogP contribution in [0.2, 0.25) is 0 Å². The van der Waals surface area contributed by atoms with Crippen LogP contribution in [-0.4, -0.2) is 42.0 Å². The molecule has 3 heterocycles. The molecule has 2 atom stereocenters. The number of benzene rings is 2. The quantitative estimate of drug-likeness (QED) is 0.662. The van der Waals surface area contributed by atoms with Crippen LogP contribution in [-0.2, 0) is 4.79 Å². The van der Waals surface area contributed by atoms with Crippen molar-refractivity contribution in [2.45, 2.75) is 31.6 Å². The van der Waals surface area contributed by atoms with Crippen molar-refractivity contribution in [1.82, 2.24) is 4.90 Å². The van der Waals surface area contributed by atoms with Gasteiger partial charge in [0.2, 0.25) is 0 Å². The highest BCUT2D eigenvalue weighted by atomic mass is 19.4. The number of nitrogens with one attached hydrogen (secondary N) is 1. The van der Waals surface area contributed by atoms with E-state index in [1.54, 1.807) is 4.90 Å². The number of ketones is 1. The van der Waals surface area contributed by atoms with E-state index in [4.69, 9.17) is 4.99 Å². The molecule has 176 valence electrons. The molecule has 0 radical (unpaired) electrons. The molecule has 5 nitrogen and oxygen atoms in total. The number of fused-ring (bicyclic) bond motifs is 1. The Morgan fingerprint density at radius 3 is 2.18 bits per heavy atom. The first-order valence-electron chi connectivity index (χ1n) is 11.5. The maximum absolute atomic E-state index is 14.3. The third-order valence-electron chi connectivity index (χ3n) is 6.38. The van der Waals surface area contributed by atoms with Crippen molar-refractivity contribution in [1.29, 1.82) is 0 Å². The molecule has 1 N–H and O–H groups in total. The summed E-state index contributed by atoms with van der Waals surface area (Å²) < 4.78 is 42.8. The van der Waals surface area contributed by atoms with Gasteiger partial charge >= 0.3 is 6.18 Å². The number of carbonyl (C=O) groups excluding carboxylic acids is 1. The summed E-state index contributed by atoms with van der Waals surface area (Å²) in [5.74, 6) is -1.35. The summed E-state index contributed by atoms with van der Waals surface area (Å²) in [6.45, 7) is 1.31. The van der Waals surface area contributed by atoms with Gasteiger partial charge in [-0.15, -0.1) is 0 Å². The zero-order chi connectivity index (χ0) is 23.7. The molecule has 0 aromatic heterocycles. The number of nitrogens with zero attached hydrogens (tertiary/aromatic N) is 3. The predicted octanol–water partition coefficient (Wildman–Crippen LogP) is 5.36. The Kier molecular flexibility index (Phi) is 5.89. The third kappa shape index (κ3) is 4.32. The Morgan fingerprint density at radius 1 is 0.882 bits per heavy atom. The van der Waals surface area contributed by atoms with Crippen molar-refractivity contribution in [2.24, 2.45) is 10.9 Å². The van der Waals surface area contributed by atoms with Gasteiger partial charge in [0.15, 0.2) is 5.78 Å². The lowest BCUT2D eigenvalue weighted by atomic mass is 9.85. The summed E-state index contributed by atoms with van der Waals surface area (Å²) in [4.78, 5) is 21.6. The van der Waals surface area contributed by atoms with Gasteiger partial charge in [0.25, 0.3) is 0 Å². The molecule has 3 aliphatic heterocycles. The minimum absolute atomic E-state index is 0.294. The maximum Gasteiger partial charge on any atom is 0.413 e. The number of amidine groups is 1. The van der Waals surface area contributed by atoms with Gasteiger partial charge in [-0.2, -0.15) is 13.2 Å². The number of aliphatic imine (C=N–C) groups is 1. The van der Waals surface area contributed by atoms with Gasteiger partial charge in [-0.05, 0) is 49.6 Å². The summed E-state index contributed by atoms with van der Waals surface area (Å²) in [5.41, 5.74) is 0.544. The van der Waals surface area contributed by atoms with Crippen molar-refractivity contribution < 1.29 is 18.0 Å². The summed E-state index contributed by atoms with van der Waals surface area (Å²) in [6, 6.07) is 18.3. The first kappa shape index (κ1) is 22.3. The number of dihydropyridines is 1. The first-order chi connectivity index (χ1) is 16.4. The van der Waals surface area contributed by atoms with Crippen LogP contribution >= 0.6 is 0 Å². The summed E-state index contributed by atoms with van der Waals surface area (Å²) in [7, 11) is 0. The Labute approximate surface area is 196 Å². The summed E-state index contributed by atoms with van der Waals surface area (Å²) in [6.07, 6.45) is -0.484. The van der Waals surface area contributed by atoms with Gasteiger partial charge in [0, 0.05) is 30.5 Å². The highest BCUT2D eigenvalue weighted by Crippen LogP contribution is 2.43. The third-order valence-corrected chi connectivity index (χ3v) is 6.38. The minimum Gasteiger partial charge on any atom is -0.357 e. The molecule has 0 bridgehead atoms. The fraction of sp³-hybridized carbons (Fsp3) is 0.308. The van der Waals surface area contributed by atoms with Gasteiger partial charge in [-0.1, -0.05) is 36.4 Å². The topological polar surface area (TPSA) is 47.9 Å². The Hall–Kier alpha value is -3.55. The van der Waals surface area contributed by atoms with Crippen LogP contribution in [0.3, 0.4) is 0 Å². The van der Waals surface area contributed by atoms with Gasteiger partial charge in [-0.3, -0.25) is 4.79 Å². The number of carbonyl (C=O) groups is 1. The van der Waals surface area contributed by atoms with Crippen LogP contribution in [0.4, 0.5) is 24.5 Å². The number of likely N-dealkylation sites (tertiary alicyclic amines) is 1. The highest BCUT2D eigenvalue weighted by Gasteiger charge is 2.51. The molecular formula is C26H25F3N4O. The monoisotopic (exact) mass is 466 g/mol. The molecule has 3 aliphatic rings. The van der Waals surface area contributed by atoms with E-state index in [0.29, 0.717) is 30.4 Å². The smallest absolute Gasteiger partial charge is 0.357 e. The van der Waals surface area contributed by atoms with Gasteiger partial charge in [-0.25, -0.2) is 4.99 Å². The highest BCUT2D eigenvalue weighted by molar-refractivity contribution is 6.03. The molecule has 2 unspecified atom stereocenters. The minimum atomic E-state index is -4.64. The molecule has 34 heavy (non-hydrogen) atoms. The Morgan fingerprint density at radius 2 is 1.53 bits per heavy atom. The van der Waals surface area contributed by atoms with E-state index in [0.717, 1.165) is 31.0 Å². The number of para-hydroxylation sites is 2. The Bertz CT molecular complexity index is 1140. The first-order valence-corrected chi connectivity index (χ1v) is 11.5. The molecular weight excluding hydrogens is 441 g/mol. The standard InChI is InChI=1S/C26H25F3N4O/c27-26(28,29)20-16-22(32-14-8-3-9-15-32)31-25-24(20)21(34)17-23(30-18-10-4-1-5-11-18)33(25)19-12-6-2-7-13-19/h1-2,4-7,10-13,16-17,24-25,30H,3,8-9,14-15H2. The van der Waals surface area contributed by atoms with Gasteiger partial charge in [0.05, 0.1) is 11.5 Å². The number of piperidine rings is 1. The maximum atomic E-state index is 14.3. The van der Waals surface area contributed by atoms with Crippen LogP contribution in [0.25, 0.3) is 0 Å². The second-order valence-electron chi connectivity index (χ2n) is 8.65. The van der Waals surface area contributed by atoms with Crippen molar-refractivity contribution in [3.63, 3.8) is 0 Å². The van der Waals surface area contributed by atoms with E-state index in [-0.39, 0.29) is 0 Å². The zero-order valence-corrected chi connectivity index (χ0v) is 18.5. The van der Waals surface area contributed by atoms with E-state index >= 15 is 0 Å². The van der Waals surface area contributed by atoms with E-state index in [2.05, 4.69) is 5.32 Å². The molecule has 0 spiro atoms. The average Bonchev–Trinajstić information content (AvgIpc) is 2.84. The van der Waals surface area contributed by atoms with Crippen LogP contribution < -0.4 is 10.2 Å². The molecule has 2 aromatic rings. The largest absolute Gasteiger partial charge is 0.413 e. The van der Waals surface area contributed by atoms with Crippen LogP contribution in [0.5, 0.6) is 0 Å². The van der Waals surface area contributed by atoms with Crippen molar-refractivity contribution in [3.05, 3.63) is 84.2 Å². The molecule has 1 fully saturated rings. The normalized spacial score (nSPS) is 23.0. The molecule has 0 aliphatic carbocycles. The van der Waals surface area contributed by atoms with E-state index < -0.39 is 29.6 Å². The van der Waals surface area contributed by atoms with E-state index in [9.17, 15) is 18.0 Å². The van der Waals surface area contributed by atoms with E-state index in [1.807, 2.05) is 65.6 Å². The lowest BCUT2D eigenvalue weighted by Gasteiger charge is -2.44. The fourth-order valence-corrected chi connectivity index (χ4v) is 4.78. The molecule has 1 saturated heterocycles. The van der Waals surface area contributed by atoms with Gasteiger partial charge < -0.3 is 15.1 Å². The molecule has 2 aromatic carbocycles. The lowest BCUT2D eigenvalue weighted by Crippen LogP contribution is -2.53. The second kappa shape index (κ2) is 9.00. The van der Waals surface area contributed by atoms with Crippen molar-refractivity contribution in [3.8, 4) is 0 Å². The number of rotatable bonds is 3. The van der Waals surface area contributed by atoms with Crippen molar-refractivity contribution >= 4 is 23.0 Å². The molecule has 8 heteroatoms. The summed E-state index contributed by atoms with van der Waals surface area (Å²) >= 11 is 0. The van der Waals surface area contributed by atoms with Crippen molar-refractivity contribution in [2.75, 3.05) is 23.3 Å². The SMILES string of the molecule is O=C1C=C(Nc2ccccc2)N(c2ccccc2)C2N=C(N3CCCCC3)C=C(C(F)(F)F)C12. The average molecular weight is 467 g/mol. The number of alkyl halides is 3. The molecule has 0 saturated carbocycles. The number of allylic oxidation sites excluding steroid dienone is 1. The van der Waals surface area contributed by atoms with Crippen LogP contribution in [0.15, 0.2) is 89.2 Å². The zero-order valence-electron chi connectivity index (χ0n) is 18.5.